The summed E-state index contributed by atoms with van der Waals surface area (Å²) >= 11 is 6.08. The average molecular weight is 606 g/mol. The molecule has 0 radical (unpaired) electrons. The smallest absolute Gasteiger partial charge is 0.385 e. The summed E-state index contributed by atoms with van der Waals surface area (Å²) in [6.45, 7) is 4.38. The van der Waals surface area contributed by atoms with Gasteiger partial charge < -0.3 is 26.0 Å². The molecule has 1 aromatic heterocycles. The van der Waals surface area contributed by atoms with Crippen molar-refractivity contribution in [2.45, 2.75) is 57.5 Å². The first-order chi connectivity index (χ1) is 18.9. The molecule has 0 spiro atoms. The Morgan fingerprint density at radius 2 is 1.90 bits per heavy atom. The van der Waals surface area contributed by atoms with Crippen molar-refractivity contribution in [2.75, 3.05) is 25.0 Å². The van der Waals surface area contributed by atoms with Crippen molar-refractivity contribution in [1.29, 1.82) is 5.41 Å². The number of hydrogen-bond acceptors (Lipinski definition) is 6. The van der Waals surface area contributed by atoms with Gasteiger partial charge in [0.25, 0.3) is 12.3 Å². The van der Waals surface area contributed by atoms with Crippen LogP contribution >= 0.6 is 11.6 Å². The first kappa shape index (κ1) is 32.2. The second-order valence-electron chi connectivity index (χ2n) is 10.4. The molecule has 1 saturated heterocycles. The van der Waals surface area contributed by atoms with Crippen LogP contribution in [0, 0.1) is 5.41 Å². The summed E-state index contributed by atoms with van der Waals surface area (Å²) in [6.07, 6.45) is -6.83. The van der Waals surface area contributed by atoms with E-state index in [2.05, 4.69) is 15.6 Å². The number of carbonyl (C=O) groups is 2. The number of anilines is 1. The minimum Gasteiger partial charge on any atom is -0.385 e. The number of piperidine rings is 1. The lowest BCUT2D eigenvalue weighted by Crippen LogP contribution is -2.82. The van der Waals surface area contributed by atoms with Gasteiger partial charge in [0.05, 0.1) is 5.52 Å². The Kier molecular flexibility index (Phi) is 9.93. The maximum Gasteiger partial charge on any atom is 0.433 e. The van der Waals surface area contributed by atoms with Crippen LogP contribution in [0.5, 0.6) is 0 Å². The van der Waals surface area contributed by atoms with E-state index >= 15 is 0 Å². The second-order valence-corrected chi connectivity index (χ2v) is 10.9. The third-order valence-electron chi connectivity index (χ3n) is 6.31. The first-order valence-corrected chi connectivity index (χ1v) is 13.0. The van der Waals surface area contributed by atoms with Crippen molar-refractivity contribution in [3.8, 4) is 0 Å². The van der Waals surface area contributed by atoms with Crippen molar-refractivity contribution >= 4 is 45.7 Å². The number of halogens is 6. The number of nitrogens with two attached hydrogens (primary N) is 1. The van der Waals surface area contributed by atoms with Crippen LogP contribution in [0.4, 0.5) is 27.6 Å². The second kappa shape index (κ2) is 12.7. The summed E-state index contributed by atoms with van der Waals surface area (Å²) in [5.41, 5.74) is -4.05. The number of aromatic nitrogens is 1. The molecule has 1 aliphatic rings. The van der Waals surface area contributed by atoms with Gasteiger partial charge in [0.15, 0.2) is 0 Å². The Hall–Kier alpha value is -3.36. The zero-order valence-corrected chi connectivity index (χ0v) is 23.2. The van der Waals surface area contributed by atoms with E-state index in [4.69, 9.17) is 17.0 Å². The molecule has 2 amide bonds. The van der Waals surface area contributed by atoms with Crippen molar-refractivity contribution < 1.29 is 42.0 Å². The molecule has 15 heteroatoms. The van der Waals surface area contributed by atoms with Gasteiger partial charge in [0.1, 0.15) is 35.3 Å². The number of pyridine rings is 1. The van der Waals surface area contributed by atoms with Gasteiger partial charge in [-0.1, -0.05) is 11.6 Å². The van der Waals surface area contributed by atoms with Crippen molar-refractivity contribution in [2.24, 2.45) is 0 Å². The molecule has 1 aromatic carbocycles. The fourth-order valence-electron chi connectivity index (χ4n) is 4.38. The van der Waals surface area contributed by atoms with E-state index in [9.17, 15) is 36.6 Å². The van der Waals surface area contributed by atoms with Crippen LogP contribution in [0.25, 0.3) is 10.9 Å². The molecule has 224 valence electrons. The number of quaternary nitrogens is 1. The van der Waals surface area contributed by atoms with Crippen LogP contribution in [-0.2, 0) is 15.8 Å². The SMILES string of the molecule is CC(=O)N1C[C@@H](NC(=O)/C(=C/[NH2+]CC(C)(C)O)C(=N)C(F)F)C[C@@H](Nc2cc(C(F)(F)F)nc3ccc(Cl)cc23)C1. The molecule has 1 aliphatic heterocycles. The minimum atomic E-state index is -4.74. The normalized spacial score (nSPS) is 18.5. The number of nitrogens with one attached hydrogen (secondary N) is 3. The van der Waals surface area contributed by atoms with E-state index < -0.39 is 53.2 Å². The predicted octanol–water partition coefficient (Wildman–Crippen LogP) is 2.93. The van der Waals surface area contributed by atoms with Gasteiger partial charge in [-0.25, -0.2) is 13.8 Å². The van der Waals surface area contributed by atoms with Gasteiger partial charge in [-0.15, -0.1) is 0 Å². The number of fused-ring (bicyclic) bond motifs is 1. The maximum absolute atomic E-state index is 13.6. The Morgan fingerprint density at radius 3 is 2.49 bits per heavy atom. The summed E-state index contributed by atoms with van der Waals surface area (Å²) in [5.74, 6) is -1.36. The van der Waals surface area contributed by atoms with Gasteiger partial charge in [0.2, 0.25) is 5.91 Å². The van der Waals surface area contributed by atoms with E-state index in [-0.39, 0.29) is 48.2 Å². The molecule has 0 saturated carbocycles. The third kappa shape index (κ3) is 8.81. The number of likely N-dealkylation sites (tertiary alicyclic amines) is 1. The topological polar surface area (TPSA) is 135 Å². The van der Waals surface area contributed by atoms with Crippen molar-refractivity contribution in [3.05, 3.63) is 46.8 Å². The zero-order valence-electron chi connectivity index (χ0n) is 22.5. The monoisotopic (exact) mass is 605 g/mol. The highest BCUT2D eigenvalue weighted by Gasteiger charge is 2.35. The molecule has 41 heavy (non-hydrogen) atoms. The quantitative estimate of drug-likeness (QED) is 0.170. The number of rotatable bonds is 9. The van der Waals surface area contributed by atoms with E-state index in [0.29, 0.717) is 5.39 Å². The van der Waals surface area contributed by atoms with Crippen LogP contribution in [0.3, 0.4) is 0 Å². The van der Waals surface area contributed by atoms with Gasteiger partial charge in [-0.05, 0) is 44.5 Å². The number of amides is 2. The van der Waals surface area contributed by atoms with E-state index in [1.807, 2.05) is 0 Å². The lowest BCUT2D eigenvalue weighted by Gasteiger charge is -2.38. The lowest BCUT2D eigenvalue weighted by atomic mass is 9.99. The van der Waals surface area contributed by atoms with Crippen LogP contribution in [0.2, 0.25) is 5.02 Å². The van der Waals surface area contributed by atoms with Crippen molar-refractivity contribution in [1.82, 2.24) is 15.2 Å². The lowest BCUT2D eigenvalue weighted by molar-refractivity contribution is -0.602. The molecule has 2 aromatic rings. The highest BCUT2D eigenvalue weighted by Crippen LogP contribution is 2.35. The Labute approximate surface area is 237 Å². The number of carbonyl (C=O) groups excluding carboxylic acids is 2. The fourth-order valence-corrected chi connectivity index (χ4v) is 4.55. The minimum absolute atomic E-state index is 0.0126. The largest absolute Gasteiger partial charge is 0.433 e. The highest BCUT2D eigenvalue weighted by molar-refractivity contribution is 6.31. The molecule has 2 atom stereocenters. The molecule has 1 fully saturated rings. The number of alkyl halides is 5. The summed E-state index contributed by atoms with van der Waals surface area (Å²) in [5, 5.41) is 25.0. The maximum atomic E-state index is 13.6. The molecule has 3 rings (SSSR count). The number of aliphatic hydroxyl groups is 1. The van der Waals surface area contributed by atoms with E-state index in [1.54, 1.807) is 0 Å². The van der Waals surface area contributed by atoms with E-state index in [1.165, 1.54) is 49.2 Å². The third-order valence-corrected chi connectivity index (χ3v) is 6.54. The van der Waals surface area contributed by atoms with Crippen molar-refractivity contribution in [3.63, 3.8) is 0 Å². The Morgan fingerprint density at radius 1 is 1.24 bits per heavy atom. The molecular weight excluding hydrogens is 575 g/mol. The van der Waals surface area contributed by atoms with Gasteiger partial charge in [-0.3, -0.25) is 15.0 Å². The molecule has 0 aliphatic carbocycles. The van der Waals surface area contributed by atoms with Gasteiger partial charge in [0, 0.05) is 48.2 Å². The summed E-state index contributed by atoms with van der Waals surface area (Å²) in [4.78, 5) is 30.3. The number of hydrogen-bond donors (Lipinski definition) is 5. The number of benzene rings is 1. The highest BCUT2D eigenvalue weighted by atomic mass is 35.5. The number of nitrogens with zero attached hydrogens (tertiary/aromatic N) is 2. The van der Waals surface area contributed by atoms with Crippen LogP contribution in [-0.4, -0.2) is 76.3 Å². The molecular formula is C26H31ClF5N6O3+. The average Bonchev–Trinajstić information content (AvgIpc) is 2.84. The summed E-state index contributed by atoms with van der Waals surface area (Å²) < 4.78 is 67.4. The molecule has 9 nitrogen and oxygen atoms in total. The van der Waals surface area contributed by atoms with Gasteiger partial charge in [-0.2, -0.15) is 13.2 Å². The first-order valence-electron chi connectivity index (χ1n) is 12.6. The predicted molar refractivity (Wildman–Crippen MR) is 143 cm³/mol. The standard InChI is InChI=1S/C26H30ClF5N6O3/c1-13(39)38-10-15(35-20-8-21(26(30,31)32)37-19-5-4-14(27)6-17(19)20)7-16(11-38)36-24(40)18(22(33)23(28)29)9-34-12-25(2,3)41/h4-6,8-9,15-16,23,33-34,41H,7,10-12H2,1-3H3,(H,35,37)(H,36,40)/p+1/b18-9+,33-22?/t15-,16+/m1/s1. The van der Waals surface area contributed by atoms with Crippen LogP contribution < -0.4 is 16.0 Å². The Balaban J connectivity index is 1.89. The molecule has 0 unspecified atom stereocenters. The molecule has 0 bridgehead atoms. The summed E-state index contributed by atoms with van der Waals surface area (Å²) in [7, 11) is 0. The van der Waals surface area contributed by atoms with Crippen LogP contribution in [0.15, 0.2) is 36.0 Å². The van der Waals surface area contributed by atoms with E-state index in [0.717, 1.165) is 12.3 Å². The molecule has 6 N–H and O–H groups in total. The Bertz CT molecular complexity index is 1350. The molecule has 2 heterocycles. The van der Waals surface area contributed by atoms with Crippen LogP contribution in [0.1, 0.15) is 32.9 Å². The fraction of sp³-hybridized carbons (Fsp3) is 0.462. The zero-order chi connectivity index (χ0) is 30.7. The van der Waals surface area contributed by atoms with Gasteiger partial charge >= 0.3 is 6.18 Å². The summed E-state index contributed by atoms with van der Waals surface area (Å²) in [6, 6.07) is 3.60.